The van der Waals surface area contributed by atoms with Crippen molar-refractivity contribution in [3.8, 4) is 0 Å². The van der Waals surface area contributed by atoms with Crippen molar-refractivity contribution in [3.63, 3.8) is 0 Å². The molecule has 2 amide bonds. The van der Waals surface area contributed by atoms with Crippen LogP contribution >= 0.6 is 11.6 Å². The van der Waals surface area contributed by atoms with Crippen LogP contribution in [-0.2, 0) is 15.2 Å². The minimum absolute atomic E-state index is 0.0743. The van der Waals surface area contributed by atoms with Crippen LogP contribution in [0.3, 0.4) is 0 Å². The summed E-state index contributed by atoms with van der Waals surface area (Å²) in [5.41, 5.74) is -3.56. The monoisotopic (exact) mass is 586 g/mol. The minimum atomic E-state index is -5.06. The van der Waals surface area contributed by atoms with Crippen LogP contribution in [-0.4, -0.2) is 76.0 Å². The Bertz CT molecular complexity index is 1310. The number of nitrogens with zero attached hydrogens (tertiary/aromatic N) is 2. The molecule has 12 nitrogen and oxygen atoms in total. The van der Waals surface area contributed by atoms with Crippen molar-refractivity contribution in [2.45, 2.75) is 37.3 Å². The number of pyridine rings is 1. The number of carboxylic acid groups (broad SMARTS) is 1. The largest absolute Gasteiger partial charge is 0.481 e. The van der Waals surface area contributed by atoms with E-state index in [9.17, 15) is 42.9 Å². The number of hydrogen-bond donors (Lipinski definition) is 7. The molecule has 1 aromatic heterocycles. The Hall–Kier alpha value is -3.95. The summed E-state index contributed by atoms with van der Waals surface area (Å²) in [5.74, 6) is -2.54. The van der Waals surface area contributed by atoms with Gasteiger partial charge in [-0.2, -0.15) is 13.2 Å². The van der Waals surface area contributed by atoms with E-state index in [-0.39, 0.29) is 29.2 Å². The van der Waals surface area contributed by atoms with Crippen LogP contribution in [0.15, 0.2) is 41.7 Å². The maximum Gasteiger partial charge on any atom is 0.421 e. The van der Waals surface area contributed by atoms with Crippen molar-refractivity contribution in [2.24, 2.45) is 4.99 Å². The molecule has 1 aliphatic rings. The van der Waals surface area contributed by atoms with Gasteiger partial charge in [0.2, 0.25) is 5.91 Å². The maximum atomic E-state index is 13.4. The first-order valence-corrected chi connectivity index (χ1v) is 12.1. The van der Waals surface area contributed by atoms with E-state index in [2.05, 4.69) is 31.2 Å². The summed E-state index contributed by atoms with van der Waals surface area (Å²) in [6.45, 7) is 0.396. The number of aliphatic hydroxyl groups is 2. The van der Waals surface area contributed by atoms with Crippen molar-refractivity contribution in [1.29, 1.82) is 0 Å². The number of aliphatic imine (C=N–C) groups is 1. The average molecular weight is 587 g/mol. The molecule has 216 valence electrons. The molecule has 1 aliphatic heterocycles. The Morgan fingerprint density at radius 2 is 1.93 bits per heavy atom. The number of aromatic nitrogens is 1. The molecule has 2 heterocycles. The Morgan fingerprint density at radius 1 is 1.20 bits per heavy atom. The highest BCUT2D eigenvalue weighted by atomic mass is 35.5. The summed E-state index contributed by atoms with van der Waals surface area (Å²) < 4.78 is 40.1. The van der Waals surface area contributed by atoms with Gasteiger partial charge in [-0.3, -0.25) is 24.4 Å². The predicted octanol–water partition coefficient (Wildman–Crippen LogP) is 1.30. The number of anilines is 1. The fraction of sp³-hybridized carbons (Fsp3) is 0.375. The zero-order chi connectivity index (χ0) is 29.7. The number of amides is 2. The van der Waals surface area contributed by atoms with Crippen LogP contribution in [0.2, 0.25) is 5.02 Å². The lowest BCUT2D eigenvalue weighted by molar-refractivity contribution is -0.258. The number of nitrogens with one attached hydrogen (secondary N) is 4. The zero-order valence-corrected chi connectivity index (χ0v) is 21.7. The van der Waals surface area contributed by atoms with Gasteiger partial charge in [0.15, 0.2) is 11.6 Å². The number of carbonyl (C=O) groups excluding carboxylic acids is 2. The fourth-order valence-electron chi connectivity index (χ4n) is 3.58. The number of β-amino-alcohol motifs (C(OH)–C–C–N with tert-alkyl or cyclic N) is 1. The number of carboxylic acids is 1. The van der Waals surface area contributed by atoms with E-state index in [1.807, 2.05) is 0 Å². The van der Waals surface area contributed by atoms with Gasteiger partial charge in [0.05, 0.1) is 49.1 Å². The standard InChI is InChI=1S/C24H26ClF3N6O6/c1-23(40,24(26,27)28)14-2-12(3-15(25)5-14)18(6-20(37)38)34-19(36)11-30-21(39)13-4-16(8-29-7-13)33-22-31-9-17(35)10-32-22/h2-5,7-8,17-18,35,40H,6,9-11H2,1H3,(H,30,39)(H,34,36)(H,37,38)(H2,31,32,33)/t18-,23?/m0/s1. The Morgan fingerprint density at radius 3 is 2.55 bits per heavy atom. The molecule has 0 spiro atoms. The molecule has 0 radical (unpaired) electrons. The molecule has 2 unspecified atom stereocenters. The van der Waals surface area contributed by atoms with Crippen molar-refractivity contribution in [2.75, 3.05) is 25.0 Å². The van der Waals surface area contributed by atoms with E-state index in [0.717, 1.165) is 12.1 Å². The number of rotatable bonds is 9. The quantitative estimate of drug-likeness (QED) is 0.227. The van der Waals surface area contributed by atoms with E-state index in [1.54, 1.807) is 0 Å². The Kier molecular flexibility index (Phi) is 9.55. The Labute approximate surface area is 230 Å². The van der Waals surface area contributed by atoms with Crippen molar-refractivity contribution >= 4 is 41.0 Å². The highest BCUT2D eigenvalue weighted by Gasteiger charge is 2.51. The SMILES string of the molecule is CC(O)(c1cc(Cl)cc([C@H](CC(=O)O)NC(=O)CNC(=O)c2cncc(NC3=NCC(O)CN3)c2)c1)C(F)(F)F. The molecule has 0 aliphatic carbocycles. The summed E-state index contributed by atoms with van der Waals surface area (Å²) in [6, 6.07) is 3.06. The van der Waals surface area contributed by atoms with Crippen LogP contribution in [0.1, 0.15) is 40.9 Å². The number of guanidine groups is 1. The number of hydrogen-bond acceptors (Lipinski definition) is 9. The van der Waals surface area contributed by atoms with Crippen LogP contribution in [0.4, 0.5) is 18.9 Å². The second-order valence-corrected chi connectivity index (χ2v) is 9.49. The van der Waals surface area contributed by atoms with Crippen molar-refractivity contribution in [1.82, 2.24) is 20.9 Å². The molecular formula is C24H26ClF3N6O6. The summed E-state index contributed by atoms with van der Waals surface area (Å²) in [7, 11) is 0. The van der Waals surface area contributed by atoms with E-state index in [0.29, 0.717) is 18.6 Å². The number of aliphatic carboxylic acids is 1. The second-order valence-electron chi connectivity index (χ2n) is 9.06. The fourth-order valence-corrected chi connectivity index (χ4v) is 3.82. The third kappa shape index (κ3) is 8.03. The molecule has 40 heavy (non-hydrogen) atoms. The third-order valence-corrected chi connectivity index (χ3v) is 6.01. The number of carbonyl (C=O) groups is 3. The molecule has 0 saturated heterocycles. The minimum Gasteiger partial charge on any atom is -0.481 e. The molecular weight excluding hydrogens is 561 g/mol. The van der Waals surface area contributed by atoms with Crippen LogP contribution in [0.25, 0.3) is 0 Å². The lowest BCUT2D eigenvalue weighted by Crippen LogP contribution is -2.42. The van der Waals surface area contributed by atoms with Gasteiger partial charge in [0, 0.05) is 17.8 Å². The van der Waals surface area contributed by atoms with E-state index >= 15 is 0 Å². The average Bonchev–Trinajstić information content (AvgIpc) is 2.87. The number of alkyl halides is 3. The molecule has 16 heteroatoms. The molecule has 3 rings (SSSR count). The molecule has 0 bridgehead atoms. The Balaban J connectivity index is 1.68. The first-order valence-electron chi connectivity index (χ1n) is 11.7. The van der Waals surface area contributed by atoms with Crippen LogP contribution < -0.4 is 21.3 Å². The normalized spacial score (nSPS) is 17.5. The lowest BCUT2D eigenvalue weighted by atomic mass is 9.91. The van der Waals surface area contributed by atoms with Gasteiger partial charge in [-0.05, 0) is 36.2 Å². The van der Waals surface area contributed by atoms with E-state index in [1.165, 1.54) is 24.5 Å². The van der Waals surface area contributed by atoms with Crippen molar-refractivity contribution in [3.05, 3.63) is 58.4 Å². The van der Waals surface area contributed by atoms with Crippen molar-refractivity contribution < 1.29 is 42.9 Å². The highest BCUT2D eigenvalue weighted by molar-refractivity contribution is 6.30. The number of aliphatic hydroxyl groups excluding tert-OH is 1. The third-order valence-electron chi connectivity index (χ3n) is 5.79. The van der Waals surface area contributed by atoms with Gasteiger partial charge in [0.1, 0.15) is 0 Å². The summed E-state index contributed by atoms with van der Waals surface area (Å²) in [5, 5.41) is 39.1. The first-order chi connectivity index (χ1) is 18.7. The molecule has 1 aromatic carbocycles. The topological polar surface area (TPSA) is 185 Å². The zero-order valence-electron chi connectivity index (χ0n) is 20.9. The number of halogens is 4. The van der Waals surface area contributed by atoms with E-state index < -0.39 is 60.2 Å². The molecule has 0 fully saturated rings. The molecule has 7 N–H and O–H groups in total. The van der Waals surface area contributed by atoms with Gasteiger partial charge in [-0.1, -0.05) is 17.7 Å². The molecule has 3 atom stereocenters. The van der Waals surface area contributed by atoms with E-state index in [4.69, 9.17) is 11.6 Å². The smallest absolute Gasteiger partial charge is 0.421 e. The number of benzene rings is 1. The predicted molar refractivity (Wildman–Crippen MR) is 137 cm³/mol. The summed E-state index contributed by atoms with van der Waals surface area (Å²) in [6.07, 6.45) is -3.73. The summed E-state index contributed by atoms with van der Waals surface area (Å²) in [4.78, 5) is 44.6. The van der Waals surface area contributed by atoms with Crippen LogP contribution in [0.5, 0.6) is 0 Å². The van der Waals surface area contributed by atoms with Gasteiger partial charge in [-0.15, -0.1) is 0 Å². The lowest BCUT2D eigenvalue weighted by Gasteiger charge is -2.28. The second kappa shape index (κ2) is 12.5. The maximum absolute atomic E-state index is 13.4. The molecule has 2 aromatic rings. The highest BCUT2D eigenvalue weighted by Crippen LogP contribution is 2.40. The van der Waals surface area contributed by atoms with Gasteiger partial charge in [-0.25, -0.2) is 0 Å². The van der Waals surface area contributed by atoms with Gasteiger partial charge >= 0.3 is 12.1 Å². The van der Waals surface area contributed by atoms with Gasteiger partial charge in [0.25, 0.3) is 5.91 Å². The van der Waals surface area contributed by atoms with Gasteiger partial charge < -0.3 is 36.6 Å². The summed E-state index contributed by atoms with van der Waals surface area (Å²) >= 11 is 5.95. The van der Waals surface area contributed by atoms with Crippen LogP contribution in [0, 0.1) is 0 Å². The molecule has 0 saturated carbocycles. The first kappa shape index (κ1) is 30.6.